The Kier molecular flexibility index (Phi) is 4.22. The quantitative estimate of drug-likeness (QED) is 0.640. The van der Waals surface area contributed by atoms with Crippen LogP contribution in [-0.4, -0.2) is 45.8 Å². The van der Waals surface area contributed by atoms with E-state index in [4.69, 9.17) is 5.11 Å². The van der Waals surface area contributed by atoms with Gasteiger partial charge in [-0.25, -0.2) is 9.59 Å². The number of hydrogen-bond acceptors (Lipinski definition) is 4. The molecule has 0 radical (unpaired) electrons. The molecule has 1 aliphatic rings. The van der Waals surface area contributed by atoms with Crippen LogP contribution >= 0.6 is 11.8 Å². The molecule has 1 aromatic rings. The van der Waals surface area contributed by atoms with E-state index in [2.05, 4.69) is 5.32 Å². The van der Waals surface area contributed by atoms with E-state index in [0.29, 0.717) is 5.75 Å². The molecule has 1 aromatic carbocycles. The van der Waals surface area contributed by atoms with E-state index in [1.165, 1.54) is 22.7 Å². The monoisotopic (exact) mass is 308 g/mol. The number of carbonyl (C=O) groups excluding carboxylic acids is 2. The first-order valence-corrected chi connectivity index (χ1v) is 7.40. The highest BCUT2D eigenvalue weighted by molar-refractivity contribution is 7.99. The van der Waals surface area contributed by atoms with Crippen LogP contribution < -0.4 is 5.32 Å². The fraction of sp³-hybridized carbons (Fsp3) is 0.357. The molecule has 0 aromatic heterocycles. The van der Waals surface area contributed by atoms with Crippen LogP contribution in [0.4, 0.5) is 4.79 Å². The number of benzene rings is 1. The summed E-state index contributed by atoms with van der Waals surface area (Å²) in [5, 5.41) is 11.5. The Hall–Kier alpha value is -2.02. The first kappa shape index (κ1) is 15.4. The molecule has 21 heavy (non-hydrogen) atoms. The van der Waals surface area contributed by atoms with Gasteiger partial charge in [0.1, 0.15) is 5.54 Å². The van der Waals surface area contributed by atoms with Crippen molar-refractivity contribution in [3.63, 3.8) is 0 Å². The summed E-state index contributed by atoms with van der Waals surface area (Å²) >= 11 is 1.41. The van der Waals surface area contributed by atoms with Gasteiger partial charge in [-0.05, 0) is 32.0 Å². The number of imide groups is 1. The molecule has 0 aliphatic carbocycles. The molecular formula is C14H16N2O4S. The number of amides is 3. The molecule has 0 saturated carbocycles. The number of rotatable bonds is 5. The van der Waals surface area contributed by atoms with Gasteiger partial charge in [0.05, 0.1) is 5.56 Å². The lowest BCUT2D eigenvalue weighted by Gasteiger charge is -2.15. The summed E-state index contributed by atoms with van der Waals surface area (Å²) in [4.78, 5) is 36.5. The van der Waals surface area contributed by atoms with E-state index >= 15 is 0 Å². The van der Waals surface area contributed by atoms with Gasteiger partial charge in [-0.3, -0.25) is 9.69 Å². The van der Waals surface area contributed by atoms with Gasteiger partial charge in [0.15, 0.2) is 0 Å². The number of thioether (sulfide) groups is 1. The average molecular weight is 308 g/mol. The van der Waals surface area contributed by atoms with Gasteiger partial charge in [-0.2, -0.15) is 0 Å². The third-order valence-corrected chi connectivity index (χ3v) is 4.08. The summed E-state index contributed by atoms with van der Waals surface area (Å²) in [5.41, 5.74) is -0.638. The Morgan fingerprint density at radius 2 is 2.10 bits per heavy atom. The second kappa shape index (κ2) is 5.77. The molecule has 1 heterocycles. The van der Waals surface area contributed by atoms with Gasteiger partial charge >= 0.3 is 12.0 Å². The van der Waals surface area contributed by atoms with Crippen LogP contribution in [0.15, 0.2) is 29.2 Å². The first-order chi connectivity index (χ1) is 9.81. The van der Waals surface area contributed by atoms with Crippen LogP contribution in [0, 0.1) is 0 Å². The zero-order valence-electron chi connectivity index (χ0n) is 11.8. The van der Waals surface area contributed by atoms with Crippen molar-refractivity contribution in [1.82, 2.24) is 10.2 Å². The molecule has 2 rings (SSSR count). The number of carboxylic acids is 1. The third kappa shape index (κ3) is 3.36. The molecule has 1 saturated heterocycles. The maximum Gasteiger partial charge on any atom is 0.335 e. The van der Waals surface area contributed by atoms with Crippen LogP contribution in [0.1, 0.15) is 24.2 Å². The molecule has 2 N–H and O–H groups in total. The van der Waals surface area contributed by atoms with Gasteiger partial charge in [0.2, 0.25) is 0 Å². The fourth-order valence-corrected chi connectivity index (χ4v) is 2.89. The van der Waals surface area contributed by atoms with E-state index < -0.39 is 11.5 Å². The molecule has 1 fully saturated rings. The highest BCUT2D eigenvalue weighted by Gasteiger charge is 2.43. The molecule has 0 unspecified atom stereocenters. The van der Waals surface area contributed by atoms with Crippen molar-refractivity contribution >= 4 is 29.7 Å². The van der Waals surface area contributed by atoms with Crippen LogP contribution in [0.5, 0.6) is 0 Å². The Bertz CT molecular complexity index is 600. The van der Waals surface area contributed by atoms with Crippen molar-refractivity contribution in [3.05, 3.63) is 29.8 Å². The number of carboxylic acid groups (broad SMARTS) is 1. The van der Waals surface area contributed by atoms with E-state index in [1.54, 1.807) is 32.0 Å². The molecule has 0 atom stereocenters. The normalized spacial score (nSPS) is 17.0. The highest BCUT2D eigenvalue weighted by Crippen LogP contribution is 2.21. The lowest BCUT2D eigenvalue weighted by atomic mass is 10.1. The van der Waals surface area contributed by atoms with Gasteiger partial charge in [0.25, 0.3) is 5.91 Å². The molecule has 6 nitrogen and oxygen atoms in total. The summed E-state index contributed by atoms with van der Waals surface area (Å²) in [7, 11) is 0. The Labute approximate surface area is 126 Å². The van der Waals surface area contributed by atoms with E-state index in [9.17, 15) is 14.4 Å². The van der Waals surface area contributed by atoms with Crippen molar-refractivity contribution in [2.45, 2.75) is 24.3 Å². The molecule has 0 spiro atoms. The van der Waals surface area contributed by atoms with Crippen LogP contribution in [0.3, 0.4) is 0 Å². The van der Waals surface area contributed by atoms with Gasteiger partial charge in [-0.15, -0.1) is 11.8 Å². The molecule has 3 amide bonds. The largest absolute Gasteiger partial charge is 0.478 e. The topological polar surface area (TPSA) is 86.7 Å². The molecular weight excluding hydrogens is 292 g/mol. The highest BCUT2D eigenvalue weighted by atomic mass is 32.2. The predicted octanol–water partition coefficient (Wildman–Crippen LogP) is 1.81. The lowest BCUT2D eigenvalue weighted by molar-refractivity contribution is -0.130. The van der Waals surface area contributed by atoms with E-state index in [-0.39, 0.29) is 24.0 Å². The fourth-order valence-electron chi connectivity index (χ4n) is 1.99. The van der Waals surface area contributed by atoms with Crippen LogP contribution in [0.2, 0.25) is 0 Å². The van der Waals surface area contributed by atoms with Crippen molar-refractivity contribution in [2.75, 3.05) is 12.3 Å². The molecule has 7 heteroatoms. The Morgan fingerprint density at radius 3 is 2.67 bits per heavy atom. The summed E-state index contributed by atoms with van der Waals surface area (Å²) in [6.45, 7) is 3.61. The summed E-state index contributed by atoms with van der Waals surface area (Å²) in [6.07, 6.45) is 0. The van der Waals surface area contributed by atoms with Crippen LogP contribution in [-0.2, 0) is 4.79 Å². The minimum Gasteiger partial charge on any atom is -0.478 e. The second-order valence-corrected chi connectivity index (χ2v) is 6.36. The van der Waals surface area contributed by atoms with Crippen molar-refractivity contribution in [1.29, 1.82) is 0 Å². The number of hydrogen-bond donors (Lipinski definition) is 2. The number of nitrogens with zero attached hydrogens (tertiary/aromatic N) is 1. The van der Waals surface area contributed by atoms with Gasteiger partial charge in [0, 0.05) is 17.2 Å². The minimum absolute atomic E-state index is 0.219. The second-order valence-electron chi connectivity index (χ2n) is 5.19. The molecule has 112 valence electrons. The lowest BCUT2D eigenvalue weighted by Crippen LogP contribution is -2.40. The zero-order chi connectivity index (χ0) is 15.6. The number of nitrogens with one attached hydrogen (secondary N) is 1. The van der Waals surface area contributed by atoms with Crippen LogP contribution in [0.25, 0.3) is 0 Å². The summed E-state index contributed by atoms with van der Waals surface area (Å²) in [5.74, 6) is -0.709. The predicted molar refractivity (Wildman–Crippen MR) is 78.4 cm³/mol. The summed E-state index contributed by atoms with van der Waals surface area (Å²) in [6, 6.07) is 6.18. The number of urea groups is 1. The van der Waals surface area contributed by atoms with Crippen molar-refractivity contribution in [3.8, 4) is 0 Å². The minimum atomic E-state index is -0.978. The average Bonchev–Trinajstić information content (AvgIpc) is 2.61. The maximum absolute atomic E-state index is 12.0. The SMILES string of the molecule is CC1(C)NC(=O)N(CCSc2cccc(C(=O)O)c2)C1=O. The van der Waals surface area contributed by atoms with E-state index in [1.807, 2.05) is 0 Å². The first-order valence-electron chi connectivity index (χ1n) is 6.41. The molecule has 0 bridgehead atoms. The standard InChI is InChI=1S/C14H16N2O4S/c1-14(2)12(19)16(13(20)15-14)6-7-21-10-5-3-4-9(8-10)11(17)18/h3-5,8H,6-7H2,1-2H3,(H,15,20)(H,17,18). The maximum atomic E-state index is 12.0. The molecule has 1 aliphatic heterocycles. The Morgan fingerprint density at radius 1 is 1.38 bits per heavy atom. The number of carbonyl (C=O) groups is 3. The van der Waals surface area contributed by atoms with Gasteiger partial charge in [-0.1, -0.05) is 6.07 Å². The van der Waals surface area contributed by atoms with Crippen molar-refractivity contribution < 1.29 is 19.5 Å². The van der Waals surface area contributed by atoms with Crippen molar-refractivity contribution in [2.24, 2.45) is 0 Å². The zero-order valence-corrected chi connectivity index (χ0v) is 12.6. The van der Waals surface area contributed by atoms with Gasteiger partial charge < -0.3 is 10.4 Å². The number of aromatic carboxylic acids is 1. The summed E-state index contributed by atoms with van der Waals surface area (Å²) < 4.78 is 0. The third-order valence-electron chi connectivity index (χ3n) is 3.11. The smallest absolute Gasteiger partial charge is 0.335 e. The Balaban J connectivity index is 1.93. The van der Waals surface area contributed by atoms with E-state index in [0.717, 1.165) is 4.90 Å².